The van der Waals surface area contributed by atoms with Crippen LogP contribution < -0.4 is 0 Å². The number of rotatable bonds is 3. The Morgan fingerprint density at radius 3 is 2.72 bits per heavy atom. The molecule has 0 bridgehead atoms. The van der Waals surface area contributed by atoms with Gasteiger partial charge < -0.3 is 9.64 Å². The predicted octanol–water partition coefficient (Wildman–Crippen LogP) is 0.199. The van der Waals surface area contributed by atoms with Crippen molar-refractivity contribution in [1.29, 1.82) is 0 Å². The molecule has 0 aromatic rings. The van der Waals surface area contributed by atoms with Crippen molar-refractivity contribution >= 4 is 24.1 Å². The molecule has 1 aliphatic heterocycles. The molecule has 7 nitrogen and oxygen atoms in total. The molecule has 0 unspecified atom stereocenters. The Bertz CT molecular complexity index is 438. The van der Waals surface area contributed by atoms with Gasteiger partial charge in [-0.1, -0.05) is 6.92 Å². The third-order valence-corrected chi connectivity index (χ3v) is 2.06. The summed E-state index contributed by atoms with van der Waals surface area (Å²) in [6, 6.07) is 0. The summed E-state index contributed by atoms with van der Waals surface area (Å²) in [7, 11) is 4.71. The van der Waals surface area contributed by atoms with Crippen LogP contribution in [-0.2, 0) is 14.3 Å². The Hall–Kier alpha value is -2.18. The number of amides is 1. The Balaban J connectivity index is 3.07. The topological polar surface area (TPSA) is 74.6 Å². The third kappa shape index (κ3) is 2.93. The van der Waals surface area contributed by atoms with Crippen molar-refractivity contribution in [2.75, 3.05) is 21.2 Å². The molecule has 1 aliphatic rings. The second-order valence-electron chi connectivity index (χ2n) is 3.68. The molecule has 0 aromatic heterocycles. The smallest absolute Gasteiger partial charge is 0.332 e. The zero-order valence-corrected chi connectivity index (χ0v) is 10.9. The van der Waals surface area contributed by atoms with Gasteiger partial charge in [0.05, 0.1) is 13.2 Å². The van der Waals surface area contributed by atoms with E-state index in [4.69, 9.17) is 0 Å². The lowest BCUT2D eigenvalue weighted by Crippen LogP contribution is -2.36. The largest absolute Gasteiger partial charge is 0.466 e. The summed E-state index contributed by atoms with van der Waals surface area (Å²) in [5.74, 6) is -0.713. The highest BCUT2D eigenvalue weighted by atomic mass is 16.5. The number of methoxy groups -OCH3 is 1. The molecular formula is C11H16N4O3. The molecule has 0 saturated carbocycles. The SMILES string of the molecule is CC/C=N/N1C(=O)/C(=C\C(=O)OC)N=C1N(C)C. The molecule has 0 saturated heterocycles. The van der Waals surface area contributed by atoms with Crippen molar-refractivity contribution in [1.82, 2.24) is 9.91 Å². The monoisotopic (exact) mass is 252 g/mol. The van der Waals surface area contributed by atoms with Gasteiger partial charge in [-0.25, -0.2) is 9.79 Å². The Morgan fingerprint density at radius 2 is 2.22 bits per heavy atom. The van der Waals surface area contributed by atoms with E-state index in [1.807, 2.05) is 6.92 Å². The van der Waals surface area contributed by atoms with Gasteiger partial charge in [0.2, 0.25) is 5.96 Å². The van der Waals surface area contributed by atoms with Crippen molar-refractivity contribution in [2.45, 2.75) is 13.3 Å². The van der Waals surface area contributed by atoms with E-state index in [-0.39, 0.29) is 5.70 Å². The van der Waals surface area contributed by atoms with Crippen molar-refractivity contribution in [3.05, 3.63) is 11.8 Å². The first-order valence-corrected chi connectivity index (χ1v) is 5.43. The molecule has 0 aromatic carbocycles. The summed E-state index contributed by atoms with van der Waals surface area (Å²) in [4.78, 5) is 28.8. The number of carbonyl (C=O) groups excluding carboxylic acids is 2. The van der Waals surface area contributed by atoms with Crippen LogP contribution in [0.3, 0.4) is 0 Å². The molecular weight excluding hydrogens is 236 g/mol. The molecule has 7 heteroatoms. The summed E-state index contributed by atoms with van der Waals surface area (Å²) in [5.41, 5.74) is 0.0128. The number of guanidine groups is 1. The fourth-order valence-corrected chi connectivity index (χ4v) is 1.22. The predicted molar refractivity (Wildman–Crippen MR) is 66.9 cm³/mol. The number of nitrogens with zero attached hydrogens (tertiary/aromatic N) is 4. The van der Waals surface area contributed by atoms with E-state index in [9.17, 15) is 9.59 Å². The van der Waals surface area contributed by atoms with Gasteiger partial charge in [0.15, 0.2) is 0 Å². The van der Waals surface area contributed by atoms with Gasteiger partial charge >= 0.3 is 5.97 Å². The molecule has 0 spiro atoms. The first-order chi connectivity index (χ1) is 8.51. The highest BCUT2D eigenvalue weighted by Crippen LogP contribution is 2.16. The summed E-state index contributed by atoms with van der Waals surface area (Å²) in [6.45, 7) is 1.90. The number of hydrogen-bond acceptors (Lipinski definition) is 6. The standard InChI is InChI=1S/C11H16N4O3/c1-5-6-12-15-10(17)8(7-9(16)18-4)13-11(15)14(2)3/h6-7H,5H2,1-4H3/b8-7+,12-6+. The number of hydrogen-bond donors (Lipinski definition) is 0. The Labute approximate surface area is 105 Å². The van der Waals surface area contributed by atoms with Crippen LogP contribution in [0.4, 0.5) is 0 Å². The van der Waals surface area contributed by atoms with E-state index >= 15 is 0 Å². The fraction of sp³-hybridized carbons (Fsp3) is 0.455. The lowest BCUT2D eigenvalue weighted by atomic mass is 10.4. The minimum atomic E-state index is -0.624. The van der Waals surface area contributed by atoms with E-state index in [1.165, 1.54) is 7.11 Å². The number of carbonyl (C=O) groups is 2. The van der Waals surface area contributed by atoms with Crippen LogP contribution in [0, 0.1) is 0 Å². The average Bonchev–Trinajstić information content (AvgIpc) is 2.64. The van der Waals surface area contributed by atoms with E-state index in [2.05, 4.69) is 14.8 Å². The second kappa shape index (κ2) is 5.95. The molecule has 0 radical (unpaired) electrons. The van der Waals surface area contributed by atoms with Crippen LogP contribution in [0.15, 0.2) is 21.9 Å². The van der Waals surface area contributed by atoms with Crippen LogP contribution in [-0.4, -0.2) is 55.2 Å². The lowest BCUT2D eigenvalue weighted by molar-refractivity contribution is -0.135. The summed E-state index contributed by atoms with van der Waals surface area (Å²) >= 11 is 0. The first kappa shape index (κ1) is 13.9. The zero-order valence-electron chi connectivity index (χ0n) is 10.9. The average molecular weight is 252 g/mol. The van der Waals surface area contributed by atoms with Gasteiger partial charge in [-0.15, -0.1) is 0 Å². The number of esters is 1. The van der Waals surface area contributed by atoms with Crippen LogP contribution in [0.25, 0.3) is 0 Å². The number of ether oxygens (including phenoxy) is 1. The van der Waals surface area contributed by atoms with Crippen LogP contribution in [0.5, 0.6) is 0 Å². The first-order valence-electron chi connectivity index (χ1n) is 5.43. The van der Waals surface area contributed by atoms with E-state index in [0.29, 0.717) is 12.4 Å². The van der Waals surface area contributed by atoms with Crippen LogP contribution in [0.2, 0.25) is 0 Å². The van der Waals surface area contributed by atoms with Gasteiger partial charge in [0, 0.05) is 20.3 Å². The van der Waals surface area contributed by atoms with Gasteiger partial charge in [0.25, 0.3) is 5.91 Å². The van der Waals surface area contributed by atoms with Gasteiger partial charge in [-0.3, -0.25) is 4.79 Å². The van der Waals surface area contributed by atoms with Gasteiger partial charge in [-0.05, 0) is 6.42 Å². The normalized spacial score (nSPS) is 17.6. The highest BCUT2D eigenvalue weighted by Gasteiger charge is 2.32. The molecule has 1 amide bonds. The van der Waals surface area contributed by atoms with Crippen molar-refractivity contribution < 1.29 is 14.3 Å². The van der Waals surface area contributed by atoms with Crippen LogP contribution in [0.1, 0.15) is 13.3 Å². The maximum absolute atomic E-state index is 12.0. The summed E-state index contributed by atoms with van der Waals surface area (Å²) in [6.07, 6.45) is 3.34. The molecule has 0 aliphatic carbocycles. The molecule has 0 fully saturated rings. The van der Waals surface area contributed by atoms with E-state index < -0.39 is 11.9 Å². The molecule has 0 N–H and O–H groups in total. The third-order valence-electron chi connectivity index (χ3n) is 2.06. The molecule has 1 heterocycles. The maximum Gasteiger partial charge on any atom is 0.332 e. The minimum absolute atomic E-state index is 0.0128. The molecule has 98 valence electrons. The summed E-state index contributed by atoms with van der Waals surface area (Å²) in [5, 5.41) is 5.15. The minimum Gasteiger partial charge on any atom is -0.466 e. The second-order valence-corrected chi connectivity index (χ2v) is 3.68. The number of hydrazone groups is 1. The van der Waals surface area contributed by atoms with Crippen LogP contribution >= 0.6 is 0 Å². The van der Waals surface area contributed by atoms with E-state index in [1.54, 1.807) is 25.2 Å². The van der Waals surface area contributed by atoms with E-state index in [0.717, 1.165) is 11.1 Å². The number of aliphatic imine (C=N–C) groups is 1. The molecule has 0 atom stereocenters. The van der Waals surface area contributed by atoms with Crippen molar-refractivity contribution in [3.63, 3.8) is 0 Å². The van der Waals surface area contributed by atoms with Gasteiger partial charge in [-0.2, -0.15) is 10.1 Å². The fourth-order valence-electron chi connectivity index (χ4n) is 1.22. The highest BCUT2D eigenvalue weighted by molar-refractivity contribution is 6.13. The maximum atomic E-state index is 12.0. The summed E-state index contributed by atoms with van der Waals surface area (Å²) < 4.78 is 4.47. The lowest BCUT2D eigenvalue weighted by Gasteiger charge is -2.17. The molecule has 18 heavy (non-hydrogen) atoms. The quantitative estimate of drug-likeness (QED) is 0.408. The van der Waals surface area contributed by atoms with Crippen molar-refractivity contribution in [3.8, 4) is 0 Å². The Kier molecular flexibility index (Phi) is 4.59. The zero-order chi connectivity index (χ0) is 13.7. The Morgan fingerprint density at radius 1 is 1.56 bits per heavy atom. The van der Waals surface area contributed by atoms with Gasteiger partial charge in [0.1, 0.15) is 5.70 Å². The van der Waals surface area contributed by atoms with Crippen molar-refractivity contribution in [2.24, 2.45) is 10.1 Å². The molecule has 1 rings (SSSR count).